The van der Waals surface area contributed by atoms with Crippen LogP contribution >= 0.6 is 0 Å². The van der Waals surface area contributed by atoms with Crippen LogP contribution in [-0.2, 0) is 12.8 Å². The van der Waals surface area contributed by atoms with Gasteiger partial charge in [0.2, 0.25) is 5.95 Å². The molecule has 6 nitrogen and oxygen atoms in total. The van der Waals surface area contributed by atoms with E-state index in [9.17, 15) is 0 Å². The minimum absolute atomic E-state index is 0.586. The summed E-state index contributed by atoms with van der Waals surface area (Å²) in [5.74, 6) is 3.51. The van der Waals surface area contributed by atoms with E-state index < -0.39 is 0 Å². The van der Waals surface area contributed by atoms with Gasteiger partial charge in [0, 0.05) is 16.8 Å². The van der Waals surface area contributed by atoms with E-state index in [0.717, 1.165) is 75.0 Å². The van der Waals surface area contributed by atoms with Crippen molar-refractivity contribution < 1.29 is 4.74 Å². The summed E-state index contributed by atoms with van der Waals surface area (Å²) in [5, 5.41) is 0. The van der Waals surface area contributed by atoms with Gasteiger partial charge >= 0.3 is 0 Å². The van der Waals surface area contributed by atoms with Gasteiger partial charge in [0.15, 0.2) is 23.1 Å². The first kappa shape index (κ1) is 30.7. The van der Waals surface area contributed by atoms with Crippen LogP contribution in [0.1, 0.15) is 11.1 Å². The van der Waals surface area contributed by atoms with Crippen LogP contribution in [0.3, 0.4) is 0 Å². The molecule has 0 fully saturated rings. The van der Waals surface area contributed by atoms with Crippen LogP contribution in [0, 0.1) is 0 Å². The zero-order valence-electron chi connectivity index (χ0n) is 28.8. The molecule has 0 aliphatic carbocycles. The lowest BCUT2D eigenvalue weighted by Crippen LogP contribution is -2.16. The lowest BCUT2D eigenvalue weighted by atomic mass is 9.98. The fourth-order valence-electron chi connectivity index (χ4n) is 7.43. The Hall–Kier alpha value is -7.05. The standard InChI is InChI=1S/C47H33N5O/c1-4-15-33(16-5-1)45-48-46(34-17-6-2-7-18-34)50-47(49-45)52-39-21-11-10-14-32(39)24-25-37-30-35(26-28-40(37)52)36-27-29-42-44(31-36)53-43-23-13-12-22-41(43)51(42)38-19-8-3-9-20-38/h1-23,26-31H,24-25H2. The minimum atomic E-state index is 0.586. The van der Waals surface area contributed by atoms with Gasteiger partial charge in [0.25, 0.3) is 0 Å². The molecule has 8 aromatic rings. The highest BCUT2D eigenvalue weighted by atomic mass is 16.5. The second kappa shape index (κ2) is 12.9. The third-order valence-corrected chi connectivity index (χ3v) is 9.98. The van der Waals surface area contributed by atoms with E-state index in [1.807, 2.05) is 78.9 Å². The molecule has 1 aromatic heterocycles. The molecule has 252 valence electrons. The van der Waals surface area contributed by atoms with Gasteiger partial charge in [-0.25, -0.2) is 4.98 Å². The molecule has 0 saturated carbocycles. The van der Waals surface area contributed by atoms with E-state index in [4.69, 9.17) is 19.7 Å². The molecule has 6 heteroatoms. The fourth-order valence-corrected chi connectivity index (χ4v) is 7.43. The first-order valence-corrected chi connectivity index (χ1v) is 17.9. The zero-order valence-corrected chi connectivity index (χ0v) is 28.8. The normalized spacial score (nSPS) is 12.8. The number of fused-ring (bicyclic) bond motifs is 4. The highest BCUT2D eigenvalue weighted by Gasteiger charge is 2.28. The maximum Gasteiger partial charge on any atom is 0.238 e. The van der Waals surface area contributed by atoms with E-state index in [1.54, 1.807) is 0 Å². The lowest BCUT2D eigenvalue weighted by molar-refractivity contribution is 0.477. The molecule has 2 aliphatic rings. The molecule has 0 radical (unpaired) electrons. The maximum absolute atomic E-state index is 6.56. The van der Waals surface area contributed by atoms with Crippen LogP contribution in [0.25, 0.3) is 33.9 Å². The van der Waals surface area contributed by atoms with E-state index in [0.29, 0.717) is 17.6 Å². The van der Waals surface area contributed by atoms with Gasteiger partial charge in [-0.2, -0.15) is 9.97 Å². The maximum atomic E-state index is 6.56. The molecule has 7 aromatic carbocycles. The van der Waals surface area contributed by atoms with Crippen molar-refractivity contribution in [3.05, 3.63) is 187 Å². The van der Waals surface area contributed by atoms with E-state index in [-0.39, 0.29) is 0 Å². The first-order chi connectivity index (χ1) is 26.3. The SMILES string of the molecule is c1ccc(-c2nc(-c3ccccc3)nc(N3c4ccccc4CCc4cc(-c5ccc6c(c5)Oc5ccccc5N6c5ccccc5)ccc43)n2)cc1. The number of rotatable bonds is 5. The van der Waals surface area contributed by atoms with Crippen molar-refractivity contribution in [3.8, 4) is 45.4 Å². The van der Waals surface area contributed by atoms with Gasteiger partial charge in [-0.15, -0.1) is 0 Å². The van der Waals surface area contributed by atoms with E-state index in [2.05, 4.69) is 107 Å². The van der Waals surface area contributed by atoms with Gasteiger partial charge in [-0.05, 0) is 89.7 Å². The van der Waals surface area contributed by atoms with Crippen molar-refractivity contribution in [1.82, 2.24) is 15.0 Å². The van der Waals surface area contributed by atoms with Crippen molar-refractivity contribution in [3.63, 3.8) is 0 Å². The molecule has 10 rings (SSSR count). The Morgan fingerprint density at radius 1 is 0.377 bits per heavy atom. The monoisotopic (exact) mass is 683 g/mol. The summed E-state index contributed by atoms with van der Waals surface area (Å²) in [6.07, 6.45) is 1.76. The van der Waals surface area contributed by atoms with Crippen LogP contribution in [0.2, 0.25) is 0 Å². The van der Waals surface area contributed by atoms with Gasteiger partial charge in [-0.1, -0.05) is 121 Å². The molecule has 2 aliphatic heterocycles. The molecule has 53 heavy (non-hydrogen) atoms. The summed E-state index contributed by atoms with van der Waals surface area (Å²) in [4.78, 5) is 19.8. The van der Waals surface area contributed by atoms with Crippen LogP contribution < -0.4 is 14.5 Å². The van der Waals surface area contributed by atoms with Gasteiger partial charge in [0.05, 0.1) is 22.7 Å². The predicted octanol–water partition coefficient (Wildman–Crippen LogP) is 12.0. The molecular weight excluding hydrogens is 651 g/mol. The Balaban J connectivity index is 1.10. The number of aromatic nitrogens is 3. The third-order valence-electron chi connectivity index (χ3n) is 9.98. The molecule has 0 saturated heterocycles. The number of benzene rings is 7. The van der Waals surface area contributed by atoms with Gasteiger partial charge < -0.3 is 9.64 Å². The summed E-state index contributed by atoms with van der Waals surface area (Å²) in [6, 6.07) is 60.8. The van der Waals surface area contributed by atoms with Gasteiger partial charge in [0.1, 0.15) is 0 Å². The third kappa shape index (κ3) is 5.58. The van der Waals surface area contributed by atoms with E-state index >= 15 is 0 Å². The van der Waals surface area contributed by atoms with Crippen LogP contribution in [0.15, 0.2) is 176 Å². The van der Waals surface area contributed by atoms with Crippen molar-refractivity contribution in [1.29, 1.82) is 0 Å². The summed E-state index contributed by atoms with van der Waals surface area (Å²) in [5.41, 5.74) is 11.8. The smallest absolute Gasteiger partial charge is 0.238 e. The average Bonchev–Trinajstić information content (AvgIpc) is 3.40. The number of para-hydroxylation sites is 4. The second-order valence-corrected chi connectivity index (χ2v) is 13.2. The number of hydrogen-bond donors (Lipinski definition) is 0. The lowest BCUT2D eigenvalue weighted by Gasteiger charge is -2.33. The summed E-state index contributed by atoms with van der Waals surface area (Å²) in [6.45, 7) is 0. The molecule has 0 amide bonds. The van der Waals surface area contributed by atoms with Crippen LogP contribution in [-0.4, -0.2) is 15.0 Å². The van der Waals surface area contributed by atoms with Crippen LogP contribution in [0.4, 0.5) is 34.4 Å². The highest BCUT2D eigenvalue weighted by Crippen LogP contribution is 2.51. The molecular formula is C47H33N5O. The molecule has 0 spiro atoms. The number of anilines is 6. The molecule has 0 atom stereocenters. The summed E-state index contributed by atoms with van der Waals surface area (Å²) in [7, 11) is 0. The van der Waals surface area contributed by atoms with Crippen LogP contribution in [0.5, 0.6) is 11.5 Å². The van der Waals surface area contributed by atoms with Crippen molar-refractivity contribution in [2.24, 2.45) is 0 Å². The number of nitrogens with zero attached hydrogens (tertiary/aromatic N) is 5. The predicted molar refractivity (Wildman–Crippen MR) is 213 cm³/mol. The van der Waals surface area contributed by atoms with Crippen molar-refractivity contribution in [2.45, 2.75) is 12.8 Å². The first-order valence-electron chi connectivity index (χ1n) is 17.9. The zero-order chi connectivity index (χ0) is 35.1. The highest BCUT2D eigenvalue weighted by molar-refractivity contribution is 5.88. The topological polar surface area (TPSA) is 54.4 Å². The average molecular weight is 684 g/mol. The van der Waals surface area contributed by atoms with Crippen molar-refractivity contribution >= 4 is 34.4 Å². The Morgan fingerprint density at radius 3 is 1.62 bits per heavy atom. The molecule has 3 heterocycles. The fraction of sp³-hybridized carbons (Fsp3) is 0.0426. The Morgan fingerprint density at radius 2 is 0.906 bits per heavy atom. The Labute approximate surface area is 308 Å². The van der Waals surface area contributed by atoms with E-state index in [1.165, 1.54) is 11.1 Å². The van der Waals surface area contributed by atoms with Crippen molar-refractivity contribution in [2.75, 3.05) is 9.80 Å². The van der Waals surface area contributed by atoms with Gasteiger partial charge in [-0.3, -0.25) is 4.90 Å². The summed E-state index contributed by atoms with van der Waals surface area (Å²) >= 11 is 0. The minimum Gasteiger partial charge on any atom is -0.453 e. The Kier molecular flexibility index (Phi) is 7.50. The molecule has 0 N–H and O–H groups in total. The number of ether oxygens (including phenoxy) is 1. The summed E-state index contributed by atoms with van der Waals surface area (Å²) < 4.78 is 6.56. The Bertz CT molecular complexity index is 2550. The molecule has 0 unspecified atom stereocenters. The largest absolute Gasteiger partial charge is 0.453 e. The number of hydrogen-bond acceptors (Lipinski definition) is 6. The second-order valence-electron chi connectivity index (χ2n) is 13.2. The quantitative estimate of drug-likeness (QED) is 0.180. The molecule has 0 bridgehead atoms. The number of aryl methyl sites for hydroxylation is 2.